The van der Waals surface area contributed by atoms with E-state index in [1.807, 2.05) is 6.92 Å². The van der Waals surface area contributed by atoms with Crippen LogP contribution in [0, 0.1) is 0 Å². The second kappa shape index (κ2) is 6.59. The van der Waals surface area contributed by atoms with Crippen molar-refractivity contribution in [1.82, 2.24) is 0 Å². The molecule has 1 heterocycles. The highest BCUT2D eigenvalue weighted by Gasteiger charge is 2.09. The van der Waals surface area contributed by atoms with Crippen LogP contribution in [0.1, 0.15) is 32.8 Å². The van der Waals surface area contributed by atoms with E-state index in [0.717, 1.165) is 18.7 Å². The standard InChI is InChI=1S/C11H13N.C3H7Cl/c1-8-7-10-5-3-4-6-11(10)12-9(8)2;1-2-3-4/h3-6,12H,7H2,1-2H3;2-3H2,1H3. The van der Waals surface area contributed by atoms with Crippen LogP contribution in [0.5, 0.6) is 0 Å². The van der Waals surface area contributed by atoms with E-state index in [4.69, 9.17) is 11.6 Å². The van der Waals surface area contributed by atoms with E-state index in [1.165, 1.54) is 22.5 Å². The van der Waals surface area contributed by atoms with Gasteiger partial charge in [-0.2, -0.15) is 0 Å². The lowest BCUT2D eigenvalue weighted by Crippen LogP contribution is -2.08. The lowest BCUT2D eigenvalue weighted by Gasteiger charge is -2.20. The van der Waals surface area contributed by atoms with E-state index in [9.17, 15) is 0 Å². The monoisotopic (exact) mass is 237 g/mol. The van der Waals surface area contributed by atoms with Crippen LogP contribution in [0.3, 0.4) is 0 Å². The molecule has 1 aromatic rings. The first-order valence-corrected chi connectivity index (χ1v) is 6.29. The number of anilines is 1. The Morgan fingerprint density at radius 1 is 1.25 bits per heavy atom. The van der Waals surface area contributed by atoms with Gasteiger partial charge >= 0.3 is 0 Å². The first-order valence-electron chi connectivity index (χ1n) is 5.76. The summed E-state index contributed by atoms with van der Waals surface area (Å²) >= 11 is 5.19. The fourth-order valence-corrected chi connectivity index (χ4v) is 1.52. The number of allylic oxidation sites excluding steroid dienone is 2. The molecule has 1 aromatic carbocycles. The minimum absolute atomic E-state index is 0.792. The first kappa shape index (κ1) is 13.1. The van der Waals surface area contributed by atoms with Crippen molar-refractivity contribution in [2.75, 3.05) is 11.2 Å². The molecule has 2 rings (SSSR count). The van der Waals surface area contributed by atoms with Crippen molar-refractivity contribution in [3.05, 3.63) is 41.1 Å². The van der Waals surface area contributed by atoms with Crippen molar-refractivity contribution in [2.24, 2.45) is 0 Å². The molecular weight excluding hydrogens is 218 g/mol. The highest BCUT2D eigenvalue weighted by molar-refractivity contribution is 6.17. The van der Waals surface area contributed by atoms with Gasteiger partial charge in [-0.1, -0.05) is 25.1 Å². The van der Waals surface area contributed by atoms with Gasteiger partial charge in [0.15, 0.2) is 0 Å². The second-order valence-corrected chi connectivity index (χ2v) is 4.43. The lowest BCUT2D eigenvalue weighted by atomic mass is 9.99. The average molecular weight is 238 g/mol. The summed E-state index contributed by atoms with van der Waals surface area (Å²) in [5.74, 6) is 0.792. The number of hydrogen-bond acceptors (Lipinski definition) is 1. The van der Waals surface area contributed by atoms with Crippen LogP contribution in [0.25, 0.3) is 0 Å². The van der Waals surface area contributed by atoms with E-state index >= 15 is 0 Å². The molecule has 0 saturated heterocycles. The molecule has 0 atom stereocenters. The second-order valence-electron chi connectivity index (χ2n) is 4.05. The Labute approximate surface area is 104 Å². The number of alkyl halides is 1. The predicted octanol–water partition coefficient (Wildman–Crippen LogP) is 4.58. The van der Waals surface area contributed by atoms with Crippen molar-refractivity contribution in [3.63, 3.8) is 0 Å². The molecule has 1 aliphatic heterocycles. The van der Waals surface area contributed by atoms with E-state index in [2.05, 4.69) is 43.4 Å². The van der Waals surface area contributed by atoms with Crippen molar-refractivity contribution in [1.29, 1.82) is 0 Å². The highest BCUT2D eigenvalue weighted by atomic mass is 35.5. The number of fused-ring (bicyclic) bond motifs is 1. The van der Waals surface area contributed by atoms with Gasteiger partial charge in [-0.05, 0) is 43.9 Å². The Balaban J connectivity index is 0.000000280. The molecule has 0 aliphatic carbocycles. The quantitative estimate of drug-likeness (QED) is 0.705. The third-order valence-electron chi connectivity index (χ3n) is 2.62. The molecule has 16 heavy (non-hydrogen) atoms. The number of halogens is 1. The minimum Gasteiger partial charge on any atom is -0.359 e. The van der Waals surface area contributed by atoms with Crippen molar-refractivity contribution in [3.8, 4) is 0 Å². The fraction of sp³-hybridized carbons (Fsp3) is 0.429. The summed E-state index contributed by atoms with van der Waals surface area (Å²) in [5, 5.41) is 3.39. The van der Waals surface area contributed by atoms with Gasteiger partial charge in [-0.3, -0.25) is 0 Å². The summed E-state index contributed by atoms with van der Waals surface area (Å²) in [7, 11) is 0. The molecule has 0 radical (unpaired) electrons. The first-order chi connectivity index (χ1) is 7.69. The maximum Gasteiger partial charge on any atom is 0.0417 e. The van der Waals surface area contributed by atoms with E-state index in [0.29, 0.717) is 0 Å². The minimum atomic E-state index is 0.792. The summed E-state index contributed by atoms with van der Waals surface area (Å²) in [4.78, 5) is 0. The molecule has 0 saturated carbocycles. The normalized spacial score (nSPS) is 13.5. The van der Waals surface area contributed by atoms with E-state index < -0.39 is 0 Å². The molecule has 2 heteroatoms. The third kappa shape index (κ3) is 3.57. The third-order valence-corrected chi connectivity index (χ3v) is 3.00. The molecule has 88 valence electrons. The van der Waals surface area contributed by atoms with Crippen molar-refractivity contribution < 1.29 is 0 Å². The average Bonchev–Trinajstić information content (AvgIpc) is 2.31. The maximum absolute atomic E-state index is 5.19. The van der Waals surface area contributed by atoms with Gasteiger partial charge in [0, 0.05) is 17.3 Å². The maximum atomic E-state index is 5.19. The lowest BCUT2D eigenvalue weighted by molar-refractivity contribution is 1.05. The zero-order valence-electron chi connectivity index (χ0n) is 10.3. The van der Waals surface area contributed by atoms with Gasteiger partial charge in [0.25, 0.3) is 0 Å². The van der Waals surface area contributed by atoms with E-state index in [-0.39, 0.29) is 0 Å². The smallest absolute Gasteiger partial charge is 0.0417 e. The van der Waals surface area contributed by atoms with Crippen LogP contribution in [0.4, 0.5) is 5.69 Å². The molecule has 1 aliphatic rings. The number of benzene rings is 1. The Bertz CT molecular complexity index is 334. The van der Waals surface area contributed by atoms with Crippen LogP contribution in [-0.4, -0.2) is 5.88 Å². The van der Waals surface area contributed by atoms with Crippen LogP contribution in [0.15, 0.2) is 35.5 Å². The van der Waals surface area contributed by atoms with Crippen molar-refractivity contribution in [2.45, 2.75) is 33.6 Å². The van der Waals surface area contributed by atoms with Crippen LogP contribution in [0.2, 0.25) is 0 Å². The van der Waals surface area contributed by atoms with Gasteiger partial charge in [-0.25, -0.2) is 0 Å². The zero-order chi connectivity index (χ0) is 12.0. The number of hydrogen-bond donors (Lipinski definition) is 1. The predicted molar refractivity (Wildman–Crippen MR) is 73.2 cm³/mol. The number of nitrogens with one attached hydrogen (secondary N) is 1. The Hall–Kier alpha value is -0.950. The summed E-state index contributed by atoms with van der Waals surface area (Å²) in [6.07, 6.45) is 2.18. The topological polar surface area (TPSA) is 12.0 Å². The fourth-order valence-electron chi connectivity index (χ4n) is 1.52. The highest BCUT2D eigenvalue weighted by Crippen LogP contribution is 2.26. The molecule has 1 N–H and O–H groups in total. The van der Waals surface area contributed by atoms with Crippen LogP contribution in [-0.2, 0) is 6.42 Å². The molecule has 0 fully saturated rings. The summed E-state index contributed by atoms with van der Waals surface area (Å²) < 4.78 is 0. The molecule has 0 aromatic heterocycles. The number of rotatable bonds is 1. The van der Waals surface area contributed by atoms with Gasteiger partial charge in [-0.15, -0.1) is 11.6 Å². The molecule has 0 bridgehead atoms. The number of para-hydroxylation sites is 1. The Kier molecular flexibility index (Phi) is 5.41. The van der Waals surface area contributed by atoms with E-state index in [1.54, 1.807) is 0 Å². The Morgan fingerprint density at radius 2 is 1.88 bits per heavy atom. The summed E-state index contributed by atoms with van der Waals surface area (Å²) in [6, 6.07) is 8.47. The summed E-state index contributed by atoms with van der Waals surface area (Å²) in [5.41, 5.74) is 5.41. The zero-order valence-corrected chi connectivity index (χ0v) is 11.1. The largest absolute Gasteiger partial charge is 0.359 e. The van der Waals surface area contributed by atoms with Crippen LogP contribution < -0.4 is 5.32 Å². The molecular formula is C14H20ClN. The SMILES string of the molecule is CC1=C(C)Nc2ccccc2C1.CCCCl. The van der Waals surface area contributed by atoms with Crippen LogP contribution >= 0.6 is 11.6 Å². The van der Waals surface area contributed by atoms with Gasteiger partial charge in [0.05, 0.1) is 0 Å². The van der Waals surface area contributed by atoms with Gasteiger partial charge in [0.1, 0.15) is 0 Å². The van der Waals surface area contributed by atoms with Gasteiger partial charge < -0.3 is 5.32 Å². The molecule has 0 amide bonds. The molecule has 0 spiro atoms. The molecule has 1 nitrogen and oxygen atoms in total. The van der Waals surface area contributed by atoms with Gasteiger partial charge in [0.2, 0.25) is 0 Å². The molecule has 0 unspecified atom stereocenters. The summed E-state index contributed by atoms with van der Waals surface area (Å²) in [6.45, 7) is 6.36. The van der Waals surface area contributed by atoms with Crippen molar-refractivity contribution >= 4 is 17.3 Å². The Morgan fingerprint density at radius 3 is 2.50 bits per heavy atom.